The molecule has 2 aliphatic heterocycles. The number of hydrogen-bond donors (Lipinski definition) is 0. The Balaban J connectivity index is 2.08. The van der Waals surface area contributed by atoms with Gasteiger partial charge in [-0.2, -0.15) is 0 Å². The second-order valence-corrected chi connectivity index (χ2v) is 4.31. The van der Waals surface area contributed by atoms with Crippen LogP contribution in [0.4, 0.5) is 0 Å². The number of rotatable bonds is 1. The Labute approximate surface area is 70.0 Å². The van der Waals surface area contributed by atoms with Crippen LogP contribution >= 0.6 is 11.8 Å². The summed E-state index contributed by atoms with van der Waals surface area (Å²) in [5.74, 6) is 0.0781. The van der Waals surface area contributed by atoms with Gasteiger partial charge >= 0.3 is 5.97 Å². The van der Waals surface area contributed by atoms with Crippen molar-refractivity contribution in [2.24, 2.45) is 5.92 Å². The number of carbonyl (C=O) groups is 1. The molecule has 2 rings (SSSR count). The van der Waals surface area contributed by atoms with Crippen molar-refractivity contribution in [1.82, 2.24) is 0 Å². The Morgan fingerprint density at radius 3 is 2.91 bits per heavy atom. The van der Waals surface area contributed by atoms with E-state index in [-0.39, 0.29) is 11.9 Å². The highest BCUT2D eigenvalue weighted by Gasteiger charge is 2.41. The van der Waals surface area contributed by atoms with Crippen molar-refractivity contribution in [3.05, 3.63) is 12.2 Å². The average Bonchev–Trinajstić information content (AvgIpc) is 2.62. The van der Waals surface area contributed by atoms with Gasteiger partial charge in [0.2, 0.25) is 0 Å². The van der Waals surface area contributed by atoms with Gasteiger partial charge in [-0.3, -0.25) is 4.79 Å². The highest BCUT2D eigenvalue weighted by molar-refractivity contribution is 8.01. The molecule has 0 aliphatic carbocycles. The third-order valence-electron chi connectivity index (χ3n) is 2.23. The van der Waals surface area contributed by atoms with Crippen LogP contribution in [-0.2, 0) is 9.53 Å². The zero-order valence-corrected chi connectivity index (χ0v) is 7.14. The Morgan fingerprint density at radius 2 is 2.45 bits per heavy atom. The molecule has 0 radical (unpaired) electrons. The van der Waals surface area contributed by atoms with Gasteiger partial charge in [0, 0.05) is 10.5 Å². The molecule has 3 unspecified atom stereocenters. The first-order valence-corrected chi connectivity index (χ1v) is 4.67. The van der Waals surface area contributed by atoms with Crippen LogP contribution in [0, 0.1) is 5.92 Å². The van der Waals surface area contributed by atoms with Crippen molar-refractivity contribution in [2.75, 3.05) is 7.11 Å². The van der Waals surface area contributed by atoms with Crippen molar-refractivity contribution >= 4 is 17.7 Å². The van der Waals surface area contributed by atoms with Gasteiger partial charge in [-0.25, -0.2) is 0 Å². The van der Waals surface area contributed by atoms with Gasteiger partial charge in [0.15, 0.2) is 0 Å². The minimum Gasteiger partial charge on any atom is -0.469 e. The zero-order valence-electron chi connectivity index (χ0n) is 6.32. The molecule has 2 nitrogen and oxygen atoms in total. The van der Waals surface area contributed by atoms with Crippen molar-refractivity contribution < 1.29 is 9.53 Å². The van der Waals surface area contributed by atoms with E-state index >= 15 is 0 Å². The second kappa shape index (κ2) is 2.55. The van der Waals surface area contributed by atoms with E-state index in [1.807, 2.05) is 11.8 Å². The maximum absolute atomic E-state index is 11.1. The van der Waals surface area contributed by atoms with Crippen LogP contribution in [-0.4, -0.2) is 23.6 Å². The smallest absolute Gasteiger partial charge is 0.310 e. The van der Waals surface area contributed by atoms with Gasteiger partial charge < -0.3 is 4.74 Å². The van der Waals surface area contributed by atoms with Gasteiger partial charge in [0.05, 0.1) is 13.0 Å². The summed E-state index contributed by atoms with van der Waals surface area (Å²) in [6.07, 6.45) is 5.29. The molecule has 11 heavy (non-hydrogen) atoms. The predicted molar refractivity (Wildman–Crippen MR) is 44.4 cm³/mol. The van der Waals surface area contributed by atoms with Gasteiger partial charge in [-0.1, -0.05) is 12.2 Å². The third kappa shape index (κ3) is 1.07. The number of thioether (sulfide) groups is 1. The van der Waals surface area contributed by atoms with Crippen molar-refractivity contribution in [2.45, 2.75) is 16.9 Å². The second-order valence-electron chi connectivity index (χ2n) is 2.89. The molecule has 0 amide bonds. The molecule has 2 heterocycles. The Morgan fingerprint density at radius 1 is 1.64 bits per heavy atom. The molecule has 3 atom stereocenters. The monoisotopic (exact) mass is 170 g/mol. The molecule has 0 N–H and O–H groups in total. The van der Waals surface area contributed by atoms with Crippen LogP contribution in [0.25, 0.3) is 0 Å². The van der Waals surface area contributed by atoms with E-state index in [1.54, 1.807) is 0 Å². The number of esters is 1. The summed E-state index contributed by atoms with van der Waals surface area (Å²) in [5, 5.41) is 0.969. The standard InChI is InChI=1S/C8H10O2S/c1-10-8(9)6-4-5-2-3-7(6)11-5/h2-3,5-7H,4H2,1H3. The van der Waals surface area contributed by atoms with E-state index in [0.717, 1.165) is 6.42 Å². The maximum atomic E-state index is 11.1. The minimum absolute atomic E-state index is 0.0469. The molecular weight excluding hydrogens is 160 g/mol. The molecular formula is C8H10O2S. The summed E-state index contributed by atoms with van der Waals surface area (Å²) in [6.45, 7) is 0. The minimum atomic E-state index is -0.0469. The molecule has 0 aromatic carbocycles. The van der Waals surface area contributed by atoms with Gasteiger partial charge in [0.1, 0.15) is 0 Å². The lowest BCUT2D eigenvalue weighted by atomic mass is 9.95. The molecule has 60 valence electrons. The predicted octanol–water partition coefficient (Wildman–Crippen LogP) is 1.22. The molecule has 0 aromatic rings. The number of ether oxygens (including phenoxy) is 1. The first kappa shape index (κ1) is 7.22. The molecule has 0 spiro atoms. The topological polar surface area (TPSA) is 26.3 Å². The summed E-state index contributed by atoms with van der Waals surface area (Å²) < 4.78 is 4.70. The summed E-state index contributed by atoms with van der Waals surface area (Å²) in [6, 6.07) is 0. The average molecular weight is 170 g/mol. The Hall–Kier alpha value is -0.440. The van der Waals surface area contributed by atoms with Crippen LogP contribution in [0.1, 0.15) is 6.42 Å². The molecule has 1 fully saturated rings. The van der Waals surface area contributed by atoms with Crippen LogP contribution in [0.15, 0.2) is 12.2 Å². The highest BCUT2D eigenvalue weighted by atomic mass is 32.2. The Bertz CT molecular complexity index is 212. The fourth-order valence-electron chi connectivity index (χ4n) is 1.66. The third-order valence-corrected chi connectivity index (χ3v) is 3.73. The molecule has 0 aromatic heterocycles. The molecule has 0 saturated carbocycles. The van der Waals surface area contributed by atoms with E-state index in [9.17, 15) is 4.79 Å². The summed E-state index contributed by atoms with van der Waals surface area (Å²) in [7, 11) is 1.46. The van der Waals surface area contributed by atoms with Gasteiger partial charge in [0.25, 0.3) is 0 Å². The van der Waals surface area contributed by atoms with Crippen molar-refractivity contribution in [3.63, 3.8) is 0 Å². The first-order chi connectivity index (χ1) is 5.31. The summed E-state index contributed by atoms with van der Waals surface area (Å²) >= 11 is 1.87. The summed E-state index contributed by atoms with van der Waals surface area (Å²) in [5.41, 5.74) is 0. The van der Waals surface area contributed by atoms with Crippen LogP contribution in [0.2, 0.25) is 0 Å². The lowest BCUT2D eigenvalue weighted by molar-refractivity contribution is -0.145. The van der Waals surface area contributed by atoms with Gasteiger partial charge in [-0.05, 0) is 6.42 Å². The van der Waals surface area contributed by atoms with Gasteiger partial charge in [-0.15, -0.1) is 11.8 Å². The molecule has 1 saturated heterocycles. The van der Waals surface area contributed by atoms with Crippen molar-refractivity contribution in [1.29, 1.82) is 0 Å². The number of fused-ring (bicyclic) bond motifs is 2. The fraction of sp³-hybridized carbons (Fsp3) is 0.625. The van der Waals surface area contributed by atoms with E-state index in [4.69, 9.17) is 4.74 Å². The normalized spacial score (nSPS) is 39.5. The number of hydrogen-bond acceptors (Lipinski definition) is 3. The highest BCUT2D eigenvalue weighted by Crippen LogP contribution is 2.45. The fourth-order valence-corrected chi connectivity index (χ4v) is 3.15. The number of carbonyl (C=O) groups excluding carboxylic acids is 1. The van der Waals surface area contributed by atoms with Crippen molar-refractivity contribution in [3.8, 4) is 0 Å². The maximum Gasteiger partial charge on any atom is 0.310 e. The van der Waals surface area contributed by atoms with E-state index in [1.165, 1.54) is 7.11 Å². The van der Waals surface area contributed by atoms with E-state index in [0.29, 0.717) is 10.5 Å². The van der Waals surface area contributed by atoms with Crippen LogP contribution in [0.5, 0.6) is 0 Å². The molecule has 3 heteroatoms. The zero-order chi connectivity index (χ0) is 7.84. The lowest BCUT2D eigenvalue weighted by Crippen LogP contribution is -2.23. The first-order valence-electron chi connectivity index (χ1n) is 3.73. The molecule has 2 bridgehead atoms. The Kier molecular flexibility index (Phi) is 1.68. The molecule has 2 aliphatic rings. The largest absolute Gasteiger partial charge is 0.469 e. The van der Waals surface area contributed by atoms with Crippen LogP contribution in [0.3, 0.4) is 0 Å². The van der Waals surface area contributed by atoms with E-state index in [2.05, 4.69) is 12.2 Å². The SMILES string of the molecule is COC(=O)C1CC2C=CC1S2. The van der Waals surface area contributed by atoms with E-state index < -0.39 is 0 Å². The summed E-state index contributed by atoms with van der Waals surface area (Å²) in [4.78, 5) is 11.1. The number of methoxy groups -OCH3 is 1. The van der Waals surface area contributed by atoms with Crippen LogP contribution < -0.4 is 0 Å². The quantitative estimate of drug-likeness (QED) is 0.437. The lowest BCUT2D eigenvalue weighted by Gasteiger charge is -2.12.